The molecule has 5 rings (SSSR count). The molecular weight excluding hydrogens is 358 g/mol. The summed E-state index contributed by atoms with van der Waals surface area (Å²) in [5, 5.41) is 2.37. The maximum absolute atomic E-state index is 6.72. The van der Waals surface area contributed by atoms with Gasteiger partial charge in [-0.25, -0.2) is 4.57 Å². The Bertz CT molecular complexity index is 1200. The van der Waals surface area contributed by atoms with E-state index in [2.05, 4.69) is 73.4 Å². The SMILES string of the molecule is CC(C)C[n+]1cnc2c(c1N)[C@@H](c1ccccc1)c1c(ccc3ccccc13)O2. The van der Waals surface area contributed by atoms with Crippen LogP contribution in [0.5, 0.6) is 11.6 Å². The van der Waals surface area contributed by atoms with E-state index in [1.54, 1.807) is 6.33 Å². The van der Waals surface area contributed by atoms with Gasteiger partial charge in [-0.1, -0.05) is 79.5 Å². The predicted octanol–water partition coefficient (Wildman–Crippen LogP) is 5.05. The summed E-state index contributed by atoms with van der Waals surface area (Å²) in [7, 11) is 0. The van der Waals surface area contributed by atoms with E-state index in [-0.39, 0.29) is 5.92 Å². The van der Waals surface area contributed by atoms with Crippen LogP contribution < -0.4 is 15.0 Å². The Morgan fingerprint density at radius 3 is 2.52 bits per heavy atom. The summed E-state index contributed by atoms with van der Waals surface area (Å²) in [6.07, 6.45) is 1.79. The van der Waals surface area contributed by atoms with Gasteiger partial charge < -0.3 is 10.5 Å². The fourth-order valence-electron chi connectivity index (χ4n) is 4.30. The summed E-state index contributed by atoms with van der Waals surface area (Å²) in [6, 6.07) is 23.1. The first-order chi connectivity index (χ1) is 14.1. The monoisotopic (exact) mass is 382 g/mol. The molecule has 0 aliphatic carbocycles. The highest BCUT2D eigenvalue weighted by molar-refractivity contribution is 5.90. The van der Waals surface area contributed by atoms with Crippen LogP contribution >= 0.6 is 0 Å². The number of nitrogens with two attached hydrogens (primary N) is 1. The van der Waals surface area contributed by atoms with Crippen molar-refractivity contribution >= 4 is 16.6 Å². The molecule has 1 aliphatic rings. The van der Waals surface area contributed by atoms with Crippen LogP contribution in [0.15, 0.2) is 73.1 Å². The van der Waals surface area contributed by atoms with E-state index in [4.69, 9.17) is 10.5 Å². The smallest absolute Gasteiger partial charge is 0.306 e. The summed E-state index contributed by atoms with van der Waals surface area (Å²) in [5.74, 6) is 2.59. The molecule has 1 atom stereocenters. The van der Waals surface area contributed by atoms with Crippen LogP contribution in [0.3, 0.4) is 0 Å². The molecule has 4 nitrogen and oxygen atoms in total. The van der Waals surface area contributed by atoms with Gasteiger partial charge in [-0.15, -0.1) is 0 Å². The van der Waals surface area contributed by atoms with E-state index in [0.29, 0.717) is 11.8 Å². The predicted molar refractivity (Wildman–Crippen MR) is 115 cm³/mol. The highest BCUT2D eigenvalue weighted by atomic mass is 16.5. The lowest BCUT2D eigenvalue weighted by molar-refractivity contribution is -0.691. The number of nitrogens with zero attached hydrogens (tertiary/aromatic N) is 2. The second-order valence-corrected chi connectivity index (χ2v) is 8.04. The zero-order chi connectivity index (χ0) is 20.0. The summed E-state index contributed by atoms with van der Waals surface area (Å²) < 4.78 is 8.31. The van der Waals surface area contributed by atoms with Gasteiger partial charge in [0.15, 0.2) is 0 Å². The fraction of sp³-hybridized carbons (Fsp3) is 0.200. The zero-order valence-corrected chi connectivity index (χ0v) is 16.7. The lowest BCUT2D eigenvalue weighted by Crippen LogP contribution is -2.41. The highest BCUT2D eigenvalue weighted by Crippen LogP contribution is 2.50. The van der Waals surface area contributed by atoms with Crippen LogP contribution in [0.1, 0.15) is 36.5 Å². The van der Waals surface area contributed by atoms with E-state index in [1.165, 1.54) is 16.3 Å². The Labute approximate surface area is 170 Å². The highest BCUT2D eigenvalue weighted by Gasteiger charge is 2.37. The number of anilines is 1. The van der Waals surface area contributed by atoms with E-state index < -0.39 is 0 Å². The van der Waals surface area contributed by atoms with Crippen molar-refractivity contribution in [3.05, 3.63) is 89.7 Å². The molecule has 0 spiro atoms. The minimum atomic E-state index is -0.0341. The molecule has 3 aromatic carbocycles. The molecule has 0 bridgehead atoms. The Hall–Kier alpha value is -3.40. The van der Waals surface area contributed by atoms with E-state index in [0.717, 1.165) is 29.2 Å². The summed E-state index contributed by atoms with van der Waals surface area (Å²) in [5.41, 5.74) is 10.0. The quantitative estimate of drug-likeness (QED) is 0.445. The summed E-state index contributed by atoms with van der Waals surface area (Å²) in [4.78, 5) is 4.65. The van der Waals surface area contributed by atoms with Crippen molar-refractivity contribution in [1.29, 1.82) is 0 Å². The molecule has 1 aromatic heterocycles. The minimum Gasteiger partial charge on any atom is -0.426 e. The number of fused-ring (bicyclic) bond motifs is 4. The molecule has 1 aliphatic heterocycles. The van der Waals surface area contributed by atoms with Gasteiger partial charge in [0, 0.05) is 5.56 Å². The van der Waals surface area contributed by atoms with Crippen LogP contribution in [0.25, 0.3) is 10.8 Å². The molecule has 0 fully saturated rings. The van der Waals surface area contributed by atoms with Crippen LogP contribution in [-0.4, -0.2) is 4.98 Å². The van der Waals surface area contributed by atoms with Gasteiger partial charge in [-0.3, -0.25) is 0 Å². The normalized spacial score (nSPS) is 15.1. The second kappa shape index (κ2) is 6.89. The van der Waals surface area contributed by atoms with Gasteiger partial charge in [0.05, 0.1) is 12.5 Å². The largest absolute Gasteiger partial charge is 0.426 e. The van der Waals surface area contributed by atoms with Gasteiger partial charge in [-0.2, -0.15) is 0 Å². The van der Waals surface area contributed by atoms with E-state index in [1.807, 2.05) is 16.7 Å². The first-order valence-corrected chi connectivity index (χ1v) is 10.1. The third-order valence-corrected chi connectivity index (χ3v) is 5.54. The average molecular weight is 382 g/mol. The lowest BCUT2D eigenvalue weighted by Gasteiger charge is -2.28. The topological polar surface area (TPSA) is 52.0 Å². The van der Waals surface area contributed by atoms with E-state index in [9.17, 15) is 0 Å². The number of nitrogen functional groups attached to an aromatic ring is 1. The van der Waals surface area contributed by atoms with Crippen molar-refractivity contribution in [3.8, 4) is 11.6 Å². The average Bonchev–Trinajstić information content (AvgIpc) is 2.74. The molecule has 4 aromatic rings. The van der Waals surface area contributed by atoms with Crippen LogP contribution in [0, 0.1) is 5.92 Å². The molecule has 2 N–H and O–H groups in total. The summed E-state index contributed by atoms with van der Waals surface area (Å²) >= 11 is 0. The Morgan fingerprint density at radius 2 is 1.72 bits per heavy atom. The van der Waals surface area contributed by atoms with Gasteiger partial charge in [0.25, 0.3) is 0 Å². The Morgan fingerprint density at radius 1 is 0.966 bits per heavy atom. The maximum Gasteiger partial charge on any atom is 0.306 e. The van der Waals surface area contributed by atoms with Crippen molar-refractivity contribution < 1.29 is 9.30 Å². The van der Waals surface area contributed by atoms with E-state index >= 15 is 0 Å². The molecule has 0 radical (unpaired) electrons. The molecule has 0 unspecified atom stereocenters. The number of aromatic nitrogens is 2. The maximum atomic E-state index is 6.72. The number of ether oxygens (including phenoxy) is 1. The van der Waals surface area contributed by atoms with Crippen LogP contribution in [0.2, 0.25) is 0 Å². The van der Waals surface area contributed by atoms with Crippen molar-refractivity contribution in [2.24, 2.45) is 5.92 Å². The molecule has 0 saturated carbocycles. The molecular formula is C25H24N3O+. The molecule has 2 heterocycles. The third kappa shape index (κ3) is 2.92. The standard InChI is InChI=1S/C25H23N3O/c1-16(2)14-28-15-27-25-23(24(28)26)21(18-9-4-3-5-10-18)22-19-11-7-6-8-17(19)12-13-20(22)29-25/h3-13,15-16,21,26H,14H2,1-2H3/p+1/t21-/m0/s1. The molecule has 29 heavy (non-hydrogen) atoms. The first kappa shape index (κ1) is 17.7. The number of hydrogen-bond donors (Lipinski definition) is 1. The third-order valence-electron chi connectivity index (χ3n) is 5.54. The first-order valence-electron chi connectivity index (χ1n) is 10.1. The molecule has 0 amide bonds. The van der Waals surface area contributed by atoms with Crippen LogP contribution in [0.4, 0.5) is 5.82 Å². The number of hydrogen-bond acceptors (Lipinski definition) is 3. The number of benzene rings is 3. The van der Waals surface area contributed by atoms with Crippen molar-refractivity contribution in [1.82, 2.24) is 4.98 Å². The Kier molecular flexibility index (Phi) is 4.20. The van der Waals surface area contributed by atoms with Crippen molar-refractivity contribution in [2.45, 2.75) is 26.3 Å². The van der Waals surface area contributed by atoms with Gasteiger partial charge in [0.1, 0.15) is 11.3 Å². The number of rotatable bonds is 3. The minimum absolute atomic E-state index is 0.0341. The zero-order valence-electron chi connectivity index (χ0n) is 16.7. The lowest BCUT2D eigenvalue weighted by atomic mass is 9.81. The summed E-state index contributed by atoms with van der Waals surface area (Å²) in [6.45, 7) is 5.18. The van der Waals surface area contributed by atoms with Crippen LogP contribution in [-0.2, 0) is 6.54 Å². The van der Waals surface area contributed by atoms with Gasteiger partial charge >= 0.3 is 5.88 Å². The van der Waals surface area contributed by atoms with Crippen molar-refractivity contribution in [2.75, 3.05) is 5.73 Å². The van der Waals surface area contributed by atoms with Gasteiger partial charge in [0.2, 0.25) is 12.1 Å². The second-order valence-electron chi connectivity index (χ2n) is 8.04. The Balaban J connectivity index is 1.82. The fourth-order valence-corrected chi connectivity index (χ4v) is 4.30. The van der Waals surface area contributed by atoms with Crippen molar-refractivity contribution in [3.63, 3.8) is 0 Å². The molecule has 0 saturated heterocycles. The molecule has 4 heteroatoms. The molecule has 144 valence electrons. The van der Waals surface area contributed by atoms with Gasteiger partial charge in [-0.05, 0) is 28.3 Å².